The Morgan fingerprint density at radius 3 is 1.52 bits per heavy atom. The first-order valence-corrected chi connectivity index (χ1v) is 6.57. The molecule has 0 saturated carbocycles. The van der Waals surface area contributed by atoms with Gasteiger partial charge in [-0.25, -0.2) is 13.6 Å². The molecule has 0 aliphatic heterocycles. The minimum absolute atomic E-state index is 1.14. The van der Waals surface area contributed by atoms with Crippen molar-refractivity contribution < 1.29 is 67.0 Å². The highest BCUT2D eigenvalue weighted by atomic mass is 19.4. The molecule has 0 aliphatic carbocycles. The molecule has 0 N–H and O–H groups in total. The predicted octanol–water partition coefficient (Wildman–Crippen LogP) is 5.38. The molecule has 0 bridgehead atoms. The zero-order valence-electron chi connectivity index (χ0n) is 13.5. The summed E-state index contributed by atoms with van der Waals surface area (Å²) in [5, 5.41) is 0. The van der Waals surface area contributed by atoms with E-state index < -0.39 is 54.4 Å². The first-order valence-electron chi connectivity index (χ1n) is 6.57. The van der Waals surface area contributed by atoms with Crippen LogP contribution in [0.15, 0.2) is 0 Å². The normalized spacial score (nSPS) is 15.1. The number of alkyl halides is 12. The first-order chi connectivity index (χ1) is 11.5. The van der Waals surface area contributed by atoms with Gasteiger partial charge < -0.3 is 9.47 Å². The van der Waals surface area contributed by atoms with Gasteiger partial charge in [-0.3, -0.25) is 0 Å². The van der Waals surface area contributed by atoms with Crippen LogP contribution in [-0.2, 0) is 9.47 Å². The highest BCUT2D eigenvalue weighted by Crippen LogP contribution is 2.58. The van der Waals surface area contributed by atoms with Crippen LogP contribution >= 0.6 is 0 Å². The van der Waals surface area contributed by atoms with Gasteiger partial charge in [0, 0.05) is 0 Å². The largest absolute Gasteiger partial charge is 0.509 e. The standard InChI is InChI=1S/C12H12F12O3/c1-7(2,3)27-6(25)26-4-8(15,16)10(19,20)12(23,24)11(21,22)9(17,18)5(13)14/h5H,4H2,1-3H3. The monoisotopic (exact) mass is 432 g/mol. The Balaban J connectivity index is 5.70. The van der Waals surface area contributed by atoms with Crippen LogP contribution in [0.3, 0.4) is 0 Å². The second-order valence-electron chi connectivity index (χ2n) is 6.10. The number of rotatable bonds is 7. The summed E-state index contributed by atoms with van der Waals surface area (Å²) in [6.07, 6.45) is -7.69. The quantitative estimate of drug-likeness (QED) is 0.401. The van der Waals surface area contributed by atoms with E-state index >= 15 is 0 Å². The molecule has 27 heavy (non-hydrogen) atoms. The van der Waals surface area contributed by atoms with Gasteiger partial charge in [-0.15, -0.1) is 0 Å². The van der Waals surface area contributed by atoms with Crippen LogP contribution in [0.1, 0.15) is 20.8 Å². The number of carbonyl (C=O) groups excluding carboxylic acids is 1. The minimum Gasteiger partial charge on any atom is -0.429 e. The third-order valence-corrected chi connectivity index (χ3v) is 2.70. The molecule has 0 aromatic heterocycles. The summed E-state index contributed by atoms with van der Waals surface area (Å²) >= 11 is 0. The molecular weight excluding hydrogens is 420 g/mol. The van der Waals surface area contributed by atoms with E-state index in [0.29, 0.717) is 0 Å². The van der Waals surface area contributed by atoms with Crippen molar-refractivity contribution in [3.63, 3.8) is 0 Å². The zero-order chi connectivity index (χ0) is 22.3. The van der Waals surface area contributed by atoms with E-state index in [0.717, 1.165) is 20.8 Å². The van der Waals surface area contributed by atoms with Crippen LogP contribution in [0.2, 0.25) is 0 Å². The maximum Gasteiger partial charge on any atom is 0.509 e. The average molecular weight is 432 g/mol. The SMILES string of the molecule is CC(C)(C)OC(=O)OCC(F)(F)C(F)(F)C(F)(F)C(F)(F)C(F)(F)C(F)F. The Kier molecular flexibility index (Phi) is 6.70. The fourth-order valence-electron chi connectivity index (χ4n) is 1.29. The maximum atomic E-state index is 13.3. The van der Waals surface area contributed by atoms with E-state index in [1.165, 1.54) is 0 Å². The first kappa shape index (κ1) is 25.4. The second-order valence-corrected chi connectivity index (χ2v) is 6.10. The van der Waals surface area contributed by atoms with Gasteiger partial charge in [-0.05, 0) is 20.8 Å². The topological polar surface area (TPSA) is 35.5 Å². The average Bonchev–Trinajstić information content (AvgIpc) is 2.42. The molecule has 0 spiro atoms. The fraction of sp³-hybridized carbons (Fsp3) is 0.917. The minimum atomic E-state index is -7.67. The lowest BCUT2D eigenvalue weighted by molar-refractivity contribution is -0.414. The van der Waals surface area contributed by atoms with Crippen molar-refractivity contribution in [3.05, 3.63) is 0 Å². The van der Waals surface area contributed by atoms with E-state index in [2.05, 4.69) is 9.47 Å². The van der Waals surface area contributed by atoms with Gasteiger partial charge in [0.1, 0.15) is 5.60 Å². The van der Waals surface area contributed by atoms with Crippen molar-refractivity contribution in [1.29, 1.82) is 0 Å². The summed E-state index contributed by atoms with van der Waals surface area (Å²) in [7, 11) is 0. The Bertz CT molecular complexity index is 538. The molecule has 0 amide bonds. The molecule has 0 radical (unpaired) electrons. The van der Waals surface area contributed by atoms with E-state index in [4.69, 9.17) is 0 Å². The second kappa shape index (κ2) is 7.11. The molecule has 0 saturated heterocycles. The third-order valence-electron chi connectivity index (χ3n) is 2.70. The molecule has 3 nitrogen and oxygen atoms in total. The molecule has 0 fully saturated rings. The van der Waals surface area contributed by atoms with Gasteiger partial charge in [0.05, 0.1) is 0 Å². The molecular formula is C12H12F12O3. The number of ether oxygens (including phenoxy) is 2. The highest BCUT2D eigenvalue weighted by Gasteiger charge is 2.87. The van der Waals surface area contributed by atoms with Gasteiger partial charge in [-0.2, -0.15) is 43.9 Å². The lowest BCUT2D eigenvalue weighted by atomic mass is 9.94. The fourth-order valence-corrected chi connectivity index (χ4v) is 1.29. The van der Waals surface area contributed by atoms with Gasteiger partial charge >= 0.3 is 42.2 Å². The zero-order valence-corrected chi connectivity index (χ0v) is 13.5. The number of hydrogen-bond acceptors (Lipinski definition) is 3. The van der Waals surface area contributed by atoms with Crippen molar-refractivity contribution in [3.8, 4) is 0 Å². The van der Waals surface area contributed by atoms with Gasteiger partial charge in [-0.1, -0.05) is 0 Å². The van der Waals surface area contributed by atoms with Crippen LogP contribution in [0.25, 0.3) is 0 Å². The van der Waals surface area contributed by atoms with Gasteiger partial charge in [0.15, 0.2) is 6.61 Å². The summed E-state index contributed by atoms with van der Waals surface area (Å²) in [6.45, 7) is 0.424. The molecule has 0 aromatic carbocycles. The molecule has 0 aromatic rings. The summed E-state index contributed by atoms with van der Waals surface area (Å²) in [5.41, 5.74) is -1.43. The van der Waals surface area contributed by atoms with Gasteiger partial charge in [0.2, 0.25) is 0 Å². The maximum absolute atomic E-state index is 13.3. The lowest BCUT2D eigenvalue weighted by Gasteiger charge is -2.38. The van der Waals surface area contributed by atoms with Crippen molar-refractivity contribution in [2.24, 2.45) is 0 Å². The van der Waals surface area contributed by atoms with Crippen molar-refractivity contribution in [2.45, 2.75) is 62.4 Å². The molecule has 162 valence electrons. The molecule has 0 aliphatic rings. The molecule has 0 unspecified atom stereocenters. The number of carbonyl (C=O) groups is 1. The summed E-state index contributed by atoms with van der Waals surface area (Å²) in [6, 6.07) is 0. The van der Waals surface area contributed by atoms with Gasteiger partial charge in [0.25, 0.3) is 0 Å². The van der Waals surface area contributed by atoms with E-state index in [9.17, 15) is 57.5 Å². The Morgan fingerprint density at radius 1 is 0.778 bits per heavy atom. The predicted molar refractivity (Wildman–Crippen MR) is 62.9 cm³/mol. The molecule has 0 rings (SSSR count). The van der Waals surface area contributed by atoms with Crippen molar-refractivity contribution in [2.75, 3.05) is 6.61 Å². The summed E-state index contributed by atoms with van der Waals surface area (Å²) < 4.78 is 162. The number of halogens is 12. The Morgan fingerprint density at radius 2 is 1.19 bits per heavy atom. The highest BCUT2D eigenvalue weighted by molar-refractivity contribution is 5.60. The van der Waals surface area contributed by atoms with Crippen LogP contribution < -0.4 is 0 Å². The van der Waals surface area contributed by atoms with E-state index in [1.807, 2.05) is 0 Å². The van der Waals surface area contributed by atoms with Crippen molar-refractivity contribution in [1.82, 2.24) is 0 Å². The Hall–Kier alpha value is -1.57. The van der Waals surface area contributed by atoms with Crippen LogP contribution in [0, 0.1) is 0 Å². The lowest BCUT2D eigenvalue weighted by Crippen LogP contribution is -2.69. The molecule has 15 heteroatoms. The van der Waals surface area contributed by atoms with E-state index in [1.54, 1.807) is 0 Å². The summed E-state index contributed by atoms with van der Waals surface area (Å²) in [4.78, 5) is 10.9. The third kappa shape index (κ3) is 4.65. The van der Waals surface area contributed by atoms with E-state index in [-0.39, 0.29) is 0 Å². The Labute approximate surface area is 143 Å². The van der Waals surface area contributed by atoms with Crippen LogP contribution in [0.4, 0.5) is 57.5 Å². The number of hydrogen-bond donors (Lipinski definition) is 0. The van der Waals surface area contributed by atoms with Crippen molar-refractivity contribution >= 4 is 6.16 Å². The van der Waals surface area contributed by atoms with Crippen LogP contribution in [-0.4, -0.2) is 54.4 Å². The molecule has 0 heterocycles. The smallest absolute Gasteiger partial charge is 0.429 e. The molecule has 0 atom stereocenters. The summed E-state index contributed by atoms with van der Waals surface area (Å²) in [5.74, 6) is -36.0. The van der Waals surface area contributed by atoms with Crippen LogP contribution in [0.5, 0.6) is 0 Å².